The fourth-order valence-corrected chi connectivity index (χ4v) is 1.85. The minimum Gasteiger partial charge on any atom is -0.507 e. The molecule has 5 N–H and O–H groups in total. The van der Waals surface area contributed by atoms with Crippen LogP contribution in [0.2, 0.25) is 0 Å². The van der Waals surface area contributed by atoms with E-state index >= 15 is 0 Å². The lowest BCUT2D eigenvalue weighted by Gasteiger charge is -2.07. The fourth-order valence-electron chi connectivity index (χ4n) is 1.85. The summed E-state index contributed by atoms with van der Waals surface area (Å²) in [5.41, 5.74) is 13.7. The first-order valence-corrected chi connectivity index (χ1v) is 6.41. The van der Waals surface area contributed by atoms with Crippen molar-refractivity contribution in [3.63, 3.8) is 0 Å². The molecule has 1 aromatic rings. The molecule has 0 saturated carbocycles. The van der Waals surface area contributed by atoms with E-state index in [9.17, 15) is 5.11 Å². The predicted octanol–water partition coefficient (Wildman–Crippen LogP) is 1.31. The number of rotatable bonds is 3. The van der Waals surface area contributed by atoms with Crippen molar-refractivity contribution < 1.29 is 9.84 Å². The average molecular weight is 286 g/mol. The monoisotopic (exact) mass is 286 g/mol. The first-order chi connectivity index (χ1) is 10.0. The SMILES string of the molecule is COc1ccc(C2=NCC=C(N)C(/C=C(/C)N)=N2)c(O)c1. The van der Waals surface area contributed by atoms with Crippen LogP contribution < -0.4 is 16.2 Å². The van der Waals surface area contributed by atoms with Crippen LogP contribution >= 0.6 is 0 Å². The number of nitrogens with zero attached hydrogens (tertiary/aromatic N) is 2. The largest absolute Gasteiger partial charge is 0.507 e. The summed E-state index contributed by atoms with van der Waals surface area (Å²) in [4.78, 5) is 8.72. The summed E-state index contributed by atoms with van der Waals surface area (Å²) >= 11 is 0. The number of methoxy groups -OCH3 is 1. The maximum absolute atomic E-state index is 10.1. The lowest BCUT2D eigenvalue weighted by atomic mass is 10.1. The second kappa shape index (κ2) is 6.13. The molecule has 0 aliphatic carbocycles. The van der Waals surface area contributed by atoms with Crippen molar-refractivity contribution in [3.05, 3.63) is 47.3 Å². The molecule has 0 saturated heterocycles. The highest BCUT2D eigenvalue weighted by molar-refractivity contribution is 6.17. The van der Waals surface area contributed by atoms with Crippen LogP contribution in [0, 0.1) is 0 Å². The van der Waals surface area contributed by atoms with Gasteiger partial charge in [0.05, 0.1) is 30.6 Å². The van der Waals surface area contributed by atoms with Crippen LogP contribution in [0.15, 0.2) is 51.7 Å². The molecule has 6 heteroatoms. The molecular formula is C15H18N4O2. The van der Waals surface area contributed by atoms with Crippen LogP contribution in [0.1, 0.15) is 12.5 Å². The summed E-state index contributed by atoms with van der Waals surface area (Å²) in [7, 11) is 1.54. The molecule has 110 valence electrons. The number of phenols is 1. The molecule has 0 bridgehead atoms. The first-order valence-electron chi connectivity index (χ1n) is 6.41. The van der Waals surface area contributed by atoms with Crippen LogP contribution in [-0.2, 0) is 0 Å². The fraction of sp³-hybridized carbons (Fsp3) is 0.200. The third-order valence-electron chi connectivity index (χ3n) is 2.88. The molecule has 0 atom stereocenters. The van der Waals surface area contributed by atoms with Gasteiger partial charge in [-0.1, -0.05) is 0 Å². The van der Waals surface area contributed by atoms with Crippen LogP contribution in [-0.4, -0.2) is 30.3 Å². The number of phenolic OH excluding ortho intramolecular Hbond substituents is 1. The van der Waals surface area contributed by atoms with E-state index in [0.717, 1.165) is 0 Å². The molecule has 21 heavy (non-hydrogen) atoms. The van der Waals surface area contributed by atoms with Gasteiger partial charge < -0.3 is 21.3 Å². The average Bonchev–Trinajstić information content (AvgIpc) is 2.61. The predicted molar refractivity (Wildman–Crippen MR) is 83.7 cm³/mol. The van der Waals surface area contributed by atoms with E-state index in [1.165, 1.54) is 13.2 Å². The van der Waals surface area contributed by atoms with E-state index in [4.69, 9.17) is 16.2 Å². The molecular weight excluding hydrogens is 268 g/mol. The van der Waals surface area contributed by atoms with Gasteiger partial charge in [-0.25, -0.2) is 4.99 Å². The number of amidine groups is 1. The molecule has 1 aliphatic rings. The van der Waals surface area contributed by atoms with E-state index < -0.39 is 0 Å². The Morgan fingerprint density at radius 3 is 2.81 bits per heavy atom. The molecule has 0 radical (unpaired) electrons. The Kier molecular flexibility index (Phi) is 4.27. The Morgan fingerprint density at radius 1 is 1.43 bits per heavy atom. The minimum absolute atomic E-state index is 0.0464. The minimum atomic E-state index is 0.0464. The molecule has 2 rings (SSSR count). The summed E-state index contributed by atoms with van der Waals surface area (Å²) in [6.07, 6.45) is 3.43. The number of aromatic hydroxyl groups is 1. The Labute approximate surface area is 123 Å². The van der Waals surface area contributed by atoms with Crippen molar-refractivity contribution >= 4 is 11.5 Å². The van der Waals surface area contributed by atoms with Gasteiger partial charge in [0.15, 0.2) is 5.84 Å². The zero-order chi connectivity index (χ0) is 15.4. The third-order valence-corrected chi connectivity index (χ3v) is 2.88. The number of aliphatic imine (C=N–C) groups is 2. The second-order valence-electron chi connectivity index (χ2n) is 4.59. The highest BCUT2D eigenvalue weighted by atomic mass is 16.5. The van der Waals surface area contributed by atoms with E-state index in [-0.39, 0.29) is 5.75 Å². The molecule has 0 unspecified atom stereocenters. The van der Waals surface area contributed by atoms with Gasteiger partial charge in [0.2, 0.25) is 0 Å². The third kappa shape index (κ3) is 3.42. The van der Waals surface area contributed by atoms with Crippen molar-refractivity contribution in [2.75, 3.05) is 13.7 Å². The maximum Gasteiger partial charge on any atom is 0.159 e. The summed E-state index contributed by atoms with van der Waals surface area (Å²) in [6, 6.07) is 4.95. The van der Waals surface area contributed by atoms with Gasteiger partial charge in [-0.2, -0.15) is 0 Å². The molecule has 6 nitrogen and oxygen atoms in total. The Bertz CT molecular complexity index is 668. The Balaban J connectivity index is 2.46. The van der Waals surface area contributed by atoms with Crippen LogP contribution in [0.5, 0.6) is 11.5 Å². The first kappa shape index (κ1) is 14.6. The van der Waals surface area contributed by atoms with E-state index in [2.05, 4.69) is 9.98 Å². The lowest BCUT2D eigenvalue weighted by molar-refractivity contribution is 0.407. The van der Waals surface area contributed by atoms with E-state index in [1.54, 1.807) is 31.2 Å². The standard InChI is InChI=1S/C15H18N4O2/c1-9(16)7-13-12(17)5-6-18-15(19-13)11-4-3-10(21-2)8-14(11)20/h3-5,7-8,20H,6,16-17H2,1-2H3/b9-7-. The molecule has 0 amide bonds. The van der Waals surface area contributed by atoms with Crippen molar-refractivity contribution in [1.82, 2.24) is 0 Å². The van der Waals surface area contributed by atoms with Gasteiger partial charge in [-0.15, -0.1) is 0 Å². The normalized spacial score (nSPS) is 15.7. The van der Waals surface area contributed by atoms with Crippen molar-refractivity contribution in [3.8, 4) is 11.5 Å². The smallest absolute Gasteiger partial charge is 0.159 e. The van der Waals surface area contributed by atoms with Gasteiger partial charge in [-0.05, 0) is 31.2 Å². The van der Waals surface area contributed by atoms with Crippen LogP contribution in [0.4, 0.5) is 0 Å². The van der Waals surface area contributed by atoms with E-state index in [0.29, 0.717) is 40.8 Å². The van der Waals surface area contributed by atoms with Gasteiger partial charge in [0.25, 0.3) is 0 Å². The number of hydrogen-bond acceptors (Lipinski definition) is 6. The zero-order valence-corrected chi connectivity index (χ0v) is 12.0. The quantitative estimate of drug-likeness (QED) is 0.778. The second-order valence-corrected chi connectivity index (χ2v) is 4.59. The van der Waals surface area contributed by atoms with Gasteiger partial charge in [0, 0.05) is 11.8 Å². The summed E-state index contributed by atoms with van der Waals surface area (Å²) < 4.78 is 5.06. The Morgan fingerprint density at radius 2 is 2.19 bits per heavy atom. The Hall–Kier alpha value is -2.76. The number of benzene rings is 1. The van der Waals surface area contributed by atoms with Crippen molar-refractivity contribution in [2.45, 2.75) is 6.92 Å². The highest BCUT2D eigenvalue weighted by Gasteiger charge is 2.13. The molecule has 0 aromatic heterocycles. The highest BCUT2D eigenvalue weighted by Crippen LogP contribution is 2.25. The molecule has 1 heterocycles. The molecule has 1 aromatic carbocycles. The molecule has 1 aliphatic heterocycles. The van der Waals surface area contributed by atoms with Crippen molar-refractivity contribution in [2.24, 2.45) is 21.5 Å². The lowest BCUT2D eigenvalue weighted by Crippen LogP contribution is -2.12. The van der Waals surface area contributed by atoms with Crippen molar-refractivity contribution in [1.29, 1.82) is 0 Å². The number of allylic oxidation sites excluding steroid dienone is 2. The van der Waals surface area contributed by atoms with Gasteiger partial charge in [-0.3, -0.25) is 4.99 Å². The summed E-state index contributed by atoms with van der Waals surface area (Å²) in [5, 5.41) is 10.1. The number of ether oxygens (including phenoxy) is 1. The topological polar surface area (TPSA) is 106 Å². The van der Waals surface area contributed by atoms with E-state index in [1.807, 2.05) is 0 Å². The maximum atomic E-state index is 10.1. The summed E-state index contributed by atoms with van der Waals surface area (Å²) in [5.74, 6) is 1.01. The summed E-state index contributed by atoms with van der Waals surface area (Å²) in [6.45, 7) is 2.14. The zero-order valence-electron chi connectivity index (χ0n) is 12.0. The van der Waals surface area contributed by atoms with Crippen LogP contribution in [0.3, 0.4) is 0 Å². The van der Waals surface area contributed by atoms with Gasteiger partial charge in [0.1, 0.15) is 11.5 Å². The number of hydrogen-bond donors (Lipinski definition) is 3. The van der Waals surface area contributed by atoms with Crippen LogP contribution in [0.25, 0.3) is 0 Å². The molecule has 0 spiro atoms. The number of nitrogens with two attached hydrogens (primary N) is 2. The van der Waals surface area contributed by atoms with Gasteiger partial charge >= 0.3 is 0 Å². The molecule has 0 fully saturated rings.